The molecule has 138 valence electrons. The van der Waals surface area contributed by atoms with Gasteiger partial charge in [0.1, 0.15) is 12.4 Å². The van der Waals surface area contributed by atoms with Crippen molar-refractivity contribution < 1.29 is 9.53 Å². The summed E-state index contributed by atoms with van der Waals surface area (Å²) in [5.41, 5.74) is 4.52. The third-order valence-electron chi connectivity index (χ3n) is 4.40. The van der Waals surface area contributed by atoms with Gasteiger partial charge in [0.05, 0.1) is 0 Å². The number of para-hydroxylation sites is 1. The van der Waals surface area contributed by atoms with Crippen molar-refractivity contribution >= 4 is 11.6 Å². The van der Waals surface area contributed by atoms with Crippen molar-refractivity contribution in [3.05, 3.63) is 95.6 Å². The highest BCUT2D eigenvalue weighted by molar-refractivity contribution is 5.88. The van der Waals surface area contributed by atoms with E-state index >= 15 is 0 Å². The maximum atomic E-state index is 11.1. The summed E-state index contributed by atoms with van der Waals surface area (Å²) in [5, 5.41) is 2.79. The van der Waals surface area contributed by atoms with Gasteiger partial charge in [0.2, 0.25) is 5.91 Å². The zero-order valence-electron chi connectivity index (χ0n) is 15.7. The molecule has 0 aromatic heterocycles. The van der Waals surface area contributed by atoms with E-state index in [1.165, 1.54) is 23.6 Å². The average Bonchev–Trinajstić information content (AvgIpc) is 2.69. The molecule has 0 aliphatic carbocycles. The normalized spacial score (nSPS) is 10.4. The third kappa shape index (κ3) is 6.00. The van der Waals surface area contributed by atoms with E-state index in [1.807, 2.05) is 42.5 Å². The van der Waals surface area contributed by atoms with Crippen LogP contribution >= 0.6 is 0 Å². The van der Waals surface area contributed by atoms with Gasteiger partial charge in [-0.25, -0.2) is 0 Å². The van der Waals surface area contributed by atoms with Gasteiger partial charge in [-0.05, 0) is 54.2 Å². The summed E-state index contributed by atoms with van der Waals surface area (Å²) < 4.78 is 6.04. The second-order valence-electron chi connectivity index (χ2n) is 6.61. The lowest BCUT2D eigenvalue weighted by Gasteiger charge is -2.12. The Morgan fingerprint density at radius 2 is 1.52 bits per heavy atom. The van der Waals surface area contributed by atoms with Crippen molar-refractivity contribution in [2.24, 2.45) is 0 Å². The van der Waals surface area contributed by atoms with E-state index in [4.69, 9.17) is 4.74 Å². The minimum atomic E-state index is -0.0464. The molecular formula is C24H25NO2. The minimum Gasteiger partial charge on any atom is -0.489 e. The van der Waals surface area contributed by atoms with Gasteiger partial charge in [0.15, 0.2) is 0 Å². The Bertz CT molecular complexity index is 857. The van der Waals surface area contributed by atoms with Crippen LogP contribution in [0.5, 0.6) is 5.75 Å². The molecule has 3 nitrogen and oxygen atoms in total. The van der Waals surface area contributed by atoms with Crippen LogP contribution in [0.2, 0.25) is 0 Å². The highest BCUT2D eigenvalue weighted by Crippen LogP contribution is 2.22. The molecule has 0 saturated heterocycles. The Kier molecular flexibility index (Phi) is 6.64. The molecule has 3 heteroatoms. The number of nitrogens with one attached hydrogen (secondary N) is 1. The first-order chi connectivity index (χ1) is 13.2. The third-order valence-corrected chi connectivity index (χ3v) is 4.40. The molecule has 3 aromatic rings. The first kappa shape index (κ1) is 18.7. The zero-order chi connectivity index (χ0) is 18.9. The number of ether oxygens (including phenoxy) is 1. The summed E-state index contributed by atoms with van der Waals surface area (Å²) >= 11 is 0. The lowest BCUT2D eigenvalue weighted by molar-refractivity contribution is -0.114. The van der Waals surface area contributed by atoms with E-state index in [0.717, 1.165) is 30.7 Å². The SMILES string of the molecule is CC(=O)Nc1ccc(CCCc2ccccc2OCc2ccccc2)cc1. The Morgan fingerprint density at radius 3 is 2.26 bits per heavy atom. The largest absolute Gasteiger partial charge is 0.489 e. The molecule has 0 atom stereocenters. The summed E-state index contributed by atoms with van der Waals surface area (Å²) in [5.74, 6) is 0.914. The van der Waals surface area contributed by atoms with Crippen LogP contribution in [-0.2, 0) is 24.2 Å². The molecule has 1 amide bonds. The van der Waals surface area contributed by atoms with Crippen molar-refractivity contribution in [1.82, 2.24) is 0 Å². The molecule has 0 saturated carbocycles. The molecular weight excluding hydrogens is 334 g/mol. The summed E-state index contributed by atoms with van der Waals surface area (Å²) in [6.45, 7) is 2.10. The fraction of sp³-hybridized carbons (Fsp3) is 0.208. The Balaban J connectivity index is 1.53. The van der Waals surface area contributed by atoms with Crippen molar-refractivity contribution in [2.75, 3.05) is 5.32 Å². The van der Waals surface area contributed by atoms with Gasteiger partial charge in [-0.1, -0.05) is 60.7 Å². The molecule has 0 unspecified atom stereocenters. The van der Waals surface area contributed by atoms with Crippen molar-refractivity contribution in [3.63, 3.8) is 0 Å². The van der Waals surface area contributed by atoms with Crippen LogP contribution in [0.1, 0.15) is 30.0 Å². The van der Waals surface area contributed by atoms with E-state index in [1.54, 1.807) is 0 Å². The van der Waals surface area contributed by atoms with Crippen LogP contribution in [0.4, 0.5) is 5.69 Å². The van der Waals surface area contributed by atoms with E-state index < -0.39 is 0 Å². The van der Waals surface area contributed by atoms with Gasteiger partial charge in [-0.15, -0.1) is 0 Å². The smallest absolute Gasteiger partial charge is 0.221 e. The van der Waals surface area contributed by atoms with Crippen molar-refractivity contribution in [2.45, 2.75) is 32.8 Å². The molecule has 3 aromatic carbocycles. The molecule has 0 aliphatic rings. The molecule has 0 radical (unpaired) electrons. The lowest BCUT2D eigenvalue weighted by Crippen LogP contribution is -2.05. The molecule has 0 heterocycles. The maximum Gasteiger partial charge on any atom is 0.221 e. The molecule has 1 N–H and O–H groups in total. The number of aryl methyl sites for hydroxylation is 2. The first-order valence-corrected chi connectivity index (χ1v) is 9.32. The quantitative estimate of drug-likeness (QED) is 0.585. The van der Waals surface area contributed by atoms with Gasteiger partial charge in [0.25, 0.3) is 0 Å². The number of carbonyl (C=O) groups excluding carboxylic acids is 1. The van der Waals surface area contributed by atoms with Crippen LogP contribution in [0, 0.1) is 0 Å². The monoisotopic (exact) mass is 359 g/mol. The molecule has 0 spiro atoms. The topological polar surface area (TPSA) is 38.3 Å². The zero-order valence-corrected chi connectivity index (χ0v) is 15.7. The Morgan fingerprint density at radius 1 is 0.815 bits per heavy atom. The second-order valence-corrected chi connectivity index (χ2v) is 6.61. The Hall–Kier alpha value is -3.07. The van der Waals surface area contributed by atoms with E-state index in [2.05, 4.69) is 41.7 Å². The predicted octanol–water partition coefficient (Wildman–Crippen LogP) is 5.40. The number of hydrogen-bond acceptors (Lipinski definition) is 2. The Labute approximate surface area is 161 Å². The summed E-state index contributed by atoms with van der Waals surface area (Å²) in [7, 11) is 0. The van der Waals surface area contributed by atoms with Crippen LogP contribution in [0.3, 0.4) is 0 Å². The van der Waals surface area contributed by atoms with Gasteiger partial charge < -0.3 is 10.1 Å². The number of rotatable bonds is 8. The predicted molar refractivity (Wildman–Crippen MR) is 110 cm³/mol. The number of benzene rings is 3. The van der Waals surface area contributed by atoms with E-state index in [9.17, 15) is 4.79 Å². The summed E-state index contributed by atoms with van der Waals surface area (Å²) in [6.07, 6.45) is 3.01. The van der Waals surface area contributed by atoms with Crippen molar-refractivity contribution in [3.8, 4) is 5.75 Å². The van der Waals surface area contributed by atoms with Gasteiger partial charge in [0, 0.05) is 12.6 Å². The molecule has 27 heavy (non-hydrogen) atoms. The number of anilines is 1. The molecule has 3 rings (SSSR count). The first-order valence-electron chi connectivity index (χ1n) is 9.32. The van der Waals surface area contributed by atoms with Crippen LogP contribution in [0.15, 0.2) is 78.9 Å². The summed E-state index contributed by atoms with van der Waals surface area (Å²) in [4.78, 5) is 11.1. The van der Waals surface area contributed by atoms with Crippen LogP contribution in [-0.4, -0.2) is 5.91 Å². The van der Waals surface area contributed by atoms with Crippen LogP contribution in [0.25, 0.3) is 0 Å². The fourth-order valence-electron chi connectivity index (χ4n) is 3.03. The van der Waals surface area contributed by atoms with Crippen molar-refractivity contribution in [1.29, 1.82) is 0 Å². The average molecular weight is 359 g/mol. The molecule has 0 fully saturated rings. The highest BCUT2D eigenvalue weighted by atomic mass is 16.5. The number of amides is 1. The van der Waals surface area contributed by atoms with Crippen LogP contribution < -0.4 is 10.1 Å². The van der Waals surface area contributed by atoms with Gasteiger partial charge in [-0.2, -0.15) is 0 Å². The molecule has 0 aliphatic heterocycles. The van der Waals surface area contributed by atoms with Gasteiger partial charge >= 0.3 is 0 Å². The fourth-order valence-corrected chi connectivity index (χ4v) is 3.03. The molecule has 0 bridgehead atoms. The number of carbonyl (C=O) groups is 1. The second kappa shape index (κ2) is 9.58. The van der Waals surface area contributed by atoms with Gasteiger partial charge in [-0.3, -0.25) is 4.79 Å². The van der Waals surface area contributed by atoms with E-state index in [-0.39, 0.29) is 5.91 Å². The summed E-state index contributed by atoms with van der Waals surface area (Å²) in [6, 6.07) is 26.5. The lowest BCUT2D eigenvalue weighted by atomic mass is 10.0. The highest BCUT2D eigenvalue weighted by Gasteiger charge is 2.04. The number of hydrogen-bond donors (Lipinski definition) is 1. The minimum absolute atomic E-state index is 0.0464. The maximum absolute atomic E-state index is 11.1. The standard InChI is InChI=1S/C24H25NO2/c1-19(26)25-23-16-14-20(15-17-23)10-7-12-22-11-5-6-13-24(22)27-18-21-8-3-2-4-9-21/h2-6,8-9,11,13-17H,7,10,12,18H2,1H3,(H,25,26). The van der Waals surface area contributed by atoms with E-state index in [0.29, 0.717) is 6.61 Å².